The first-order chi connectivity index (χ1) is 6.27. The number of hydrogen-bond donors (Lipinski definition) is 1. The third-order valence-electron chi connectivity index (χ3n) is 1.58. The van der Waals surface area contributed by atoms with Crippen LogP contribution in [0.15, 0.2) is 30.6 Å². The maximum atomic E-state index is 12.9. The molecule has 1 aromatic heterocycles. The summed E-state index contributed by atoms with van der Waals surface area (Å²) in [6.45, 7) is 0. The molecule has 4 nitrogen and oxygen atoms in total. The van der Waals surface area contributed by atoms with Crippen LogP contribution in [-0.4, -0.2) is 20.1 Å². The van der Waals surface area contributed by atoms with E-state index in [9.17, 15) is 4.39 Å². The van der Waals surface area contributed by atoms with Crippen molar-refractivity contribution >= 4 is 0 Å². The molecule has 0 aliphatic rings. The first kappa shape index (κ1) is 7.72. The van der Waals surface area contributed by atoms with Crippen LogP contribution in [0, 0.1) is 5.82 Å². The summed E-state index contributed by atoms with van der Waals surface area (Å²) in [5.74, 6) is -1.06. The van der Waals surface area contributed by atoms with Crippen LogP contribution in [0.4, 0.5) is 4.39 Å². The highest BCUT2D eigenvalue weighted by atomic mass is 19.1. The summed E-state index contributed by atoms with van der Waals surface area (Å²) in [6.07, 6.45) is 2.98. The largest absolute Gasteiger partial charge is 0.505 e. The predicted molar refractivity (Wildman–Crippen MR) is 43.0 cm³/mol. The molecule has 0 saturated heterocycles. The molecule has 13 heavy (non-hydrogen) atoms. The minimum Gasteiger partial charge on any atom is -0.505 e. The third kappa shape index (κ3) is 1.35. The zero-order chi connectivity index (χ0) is 9.26. The molecule has 0 unspecified atom stereocenters. The summed E-state index contributed by atoms with van der Waals surface area (Å²) in [4.78, 5) is 1.27. The van der Waals surface area contributed by atoms with Crippen LogP contribution in [0.5, 0.6) is 5.75 Å². The van der Waals surface area contributed by atoms with Crippen molar-refractivity contribution in [3.05, 3.63) is 36.4 Å². The lowest BCUT2D eigenvalue weighted by atomic mass is 10.3. The summed E-state index contributed by atoms with van der Waals surface area (Å²) in [7, 11) is 0. The monoisotopic (exact) mass is 179 g/mol. The van der Waals surface area contributed by atoms with Crippen LogP contribution < -0.4 is 0 Å². The molecule has 2 rings (SSSR count). The van der Waals surface area contributed by atoms with Crippen molar-refractivity contribution < 1.29 is 9.50 Å². The van der Waals surface area contributed by atoms with E-state index in [1.54, 1.807) is 0 Å². The number of benzene rings is 1. The van der Waals surface area contributed by atoms with Gasteiger partial charge in [-0.1, -0.05) is 0 Å². The SMILES string of the molecule is Oc1ccc(-n2nccn2)cc1F. The molecule has 1 aromatic carbocycles. The molecular weight excluding hydrogens is 173 g/mol. The van der Waals surface area contributed by atoms with E-state index in [2.05, 4.69) is 10.2 Å². The Morgan fingerprint density at radius 3 is 2.54 bits per heavy atom. The Kier molecular flexibility index (Phi) is 1.70. The van der Waals surface area contributed by atoms with Gasteiger partial charge in [-0.3, -0.25) is 0 Å². The standard InChI is InChI=1S/C8H6FN3O/c9-7-5-6(1-2-8(7)13)12-10-3-4-11-12/h1-5,13H. The van der Waals surface area contributed by atoms with Gasteiger partial charge in [-0.2, -0.15) is 15.0 Å². The van der Waals surface area contributed by atoms with E-state index in [-0.39, 0.29) is 5.75 Å². The van der Waals surface area contributed by atoms with Gasteiger partial charge in [0.25, 0.3) is 0 Å². The minimum absolute atomic E-state index is 0.379. The molecule has 0 radical (unpaired) electrons. The molecule has 66 valence electrons. The Labute approximate surface area is 73.2 Å². The molecule has 1 N–H and O–H groups in total. The number of hydrogen-bond acceptors (Lipinski definition) is 3. The molecule has 0 atom stereocenters. The minimum atomic E-state index is -0.685. The van der Waals surface area contributed by atoms with Gasteiger partial charge in [0.2, 0.25) is 0 Å². The Bertz CT molecular complexity index is 413. The highest BCUT2D eigenvalue weighted by molar-refractivity contribution is 5.36. The van der Waals surface area contributed by atoms with E-state index in [4.69, 9.17) is 5.11 Å². The summed E-state index contributed by atoms with van der Waals surface area (Å²) < 4.78 is 12.9. The van der Waals surface area contributed by atoms with Gasteiger partial charge >= 0.3 is 0 Å². The number of aromatic hydroxyl groups is 1. The zero-order valence-electron chi connectivity index (χ0n) is 6.55. The molecule has 0 aliphatic carbocycles. The van der Waals surface area contributed by atoms with E-state index in [0.29, 0.717) is 5.69 Å². The van der Waals surface area contributed by atoms with Crippen molar-refractivity contribution in [2.45, 2.75) is 0 Å². The highest BCUT2D eigenvalue weighted by Gasteiger charge is 2.03. The van der Waals surface area contributed by atoms with Gasteiger partial charge in [0.05, 0.1) is 18.1 Å². The van der Waals surface area contributed by atoms with Crippen LogP contribution in [-0.2, 0) is 0 Å². The van der Waals surface area contributed by atoms with Crippen LogP contribution in [0.2, 0.25) is 0 Å². The highest BCUT2D eigenvalue weighted by Crippen LogP contribution is 2.17. The quantitative estimate of drug-likeness (QED) is 0.713. The van der Waals surface area contributed by atoms with Crippen molar-refractivity contribution in [2.75, 3.05) is 0 Å². The van der Waals surface area contributed by atoms with Gasteiger partial charge in [-0.25, -0.2) is 4.39 Å². The van der Waals surface area contributed by atoms with E-state index in [0.717, 1.165) is 6.07 Å². The average Bonchev–Trinajstić information content (AvgIpc) is 2.62. The van der Waals surface area contributed by atoms with Gasteiger partial charge in [-0.15, -0.1) is 0 Å². The van der Waals surface area contributed by atoms with Crippen LogP contribution in [0.1, 0.15) is 0 Å². The second-order valence-electron chi connectivity index (χ2n) is 2.45. The van der Waals surface area contributed by atoms with Crippen molar-refractivity contribution in [1.29, 1.82) is 0 Å². The summed E-state index contributed by atoms with van der Waals surface area (Å²) >= 11 is 0. The maximum absolute atomic E-state index is 12.9. The smallest absolute Gasteiger partial charge is 0.167 e. The fraction of sp³-hybridized carbons (Fsp3) is 0. The second-order valence-corrected chi connectivity index (χ2v) is 2.45. The Hall–Kier alpha value is -1.91. The summed E-state index contributed by atoms with van der Waals surface area (Å²) in [6, 6.07) is 3.95. The number of halogens is 1. The van der Waals surface area contributed by atoms with Gasteiger partial charge in [0.1, 0.15) is 0 Å². The molecule has 5 heteroatoms. The molecule has 0 spiro atoms. The predicted octanol–water partition coefficient (Wildman–Crippen LogP) is 1.11. The number of phenols is 1. The van der Waals surface area contributed by atoms with Crippen LogP contribution in [0.25, 0.3) is 5.69 Å². The Balaban J connectivity index is 2.49. The lowest BCUT2D eigenvalue weighted by Gasteiger charge is -1.99. The molecular formula is C8H6FN3O. The lowest BCUT2D eigenvalue weighted by molar-refractivity contribution is 0.432. The first-order valence-corrected chi connectivity index (χ1v) is 3.62. The Morgan fingerprint density at radius 2 is 1.92 bits per heavy atom. The van der Waals surface area contributed by atoms with E-state index < -0.39 is 5.82 Å². The molecule has 0 fully saturated rings. The van der Waals surface area contributed by atoms with Crippen molar-refractivity contribution in [2.24, 2.45) is 0 Å². The van der Waals surface area contributed by atoms with Crippen molar-refractivity contribution in [3.63, 3.8) is 0 Å². The number of rotatable bonds is 1. The molecule has 1 heterocycles. The summed E-state index contributed by atoms with van der Waals surface area (Å²) in [5, 5.41) is 16.5. The van der Waals surface area contributed by atoms with Gasteiger partial charge in [0.15, 0.2) is 11.6 Å². The summed E-state index contributed by atoms with van der Waals surface area (Å²) in [5.41, 5.74) is 0.473. The lowest BCUT2D eigenvalue weighted by Crippen LogP contribution is -1.98. The van der Waals surface area contributed by atoms with Gasteiger partial charge < -0.3 is 5.11 Å². The molecule has 0 amide bonds. The zero-order valence-corrected chi connectivity index (χ0v) is 6.55. The number of nitrogens with zero attached hydrogens (tertiary/aromatic N) is 3. The van der Waals surface area contributed by atoms with Gasteiger partial charge in [0, 0.05) is 6.07 Å². The van der Waals surface area contributed by atoms with Crippen LogP contribution in [0.3, 0.4) is 0 Å². The van der Waals surface area contributed by atoms with Gasteiger partial charge in [-0.05, 0) is 12.1 Å². The molecule has 0 aliphatic heterocycles. The Morgan fingerprint density at radius 1 is 1.23 bits per heavy atom. The van der Waals surface area contributed by atoms with Crippen molar-refractivity contribution in [3.8, 4) is 11.4 Å². The number of aromatic nitrogens is 3. The fourth-order valence-corrected chi connectivity index (χ4v) is 0.969. The second kappa shape index (κ2) is 2.85. The fourth-order valence-electron chi connectivity index (χ4n) is 0.969. The van der Waals surface area contributed by atoms with Crippen molar-refractivity contribution in [1.82, 2.24) is 15.0 Å². The van der Waals surface area contributed by atoms with Crippen LogP contribution >= 0.6 is 0 Å². The van der Waals surface area contributed by atoms with E-state index in [1.165, 1.54) is 29.3 Å². The first-order valence-electron chi connectivity index (χ1n) is 3.62. The van der Waals surface area contributed by atoms with E-state index >= 15 is 0 Å². The average molecular weight is 179 g/mol. The molecule has 2 aromatic rings. The molecule has 0 bridgehead atoms. The maximum Gasteiger partial charge on any atom is 0.167 e. The van der Waals surface area contributed by atoms with E-state index in [1.807, 2.05) is 0 Å². The normalized spacial score (nSPS) is 10.2. The molecule has 0 saturated carbocycles. The third-order valence-corrected chi connectivity index (χ3v) is 1.58. The topological polar surface area (TPSA) is 50.9 Å². The number of phenolic OH excluding ortho intramolecular Hbond substituents is 1.